The van der Waals surface area contributed by atoms with Crippen molar-refractivity contribution in [3.8, 4) is 0 Å². The molecule has 58 valence electrons. The standard InChI is InChI=1S/C4H5ClFN3.ClH/c1-9-3(6)2(5)4(7)8-9;/h1H3,(H2,7,8);1H. The summed E-state index contributed by atoms with van der Waals surface area (Å²) in [5, 5.41) is 3.38. The van der Waals surface area contributed by atoms with E-state index in [-0.39, 0.29) is 23.2 Å². The number of nitrogens with zero attached hydrogens (tertiary/aromatic N) is 2. The number of nitrogens with two attached hydrogens (primary N) is 1. The van der Waals surface area contributed by atoms with Crippen LogP contribution in [0.4, 0.5) is 10.2 Å². The summed E-state index contributed by atoms with van der Waals surface area (Å²) in [4.78, 5) is 0. The molecule has 0 aliphatic rings. The number of aryl methyl sites for hydroxylation is 1. The number of hydrogen-bond donors (Lipinski definition) is 1. The van der Waals surface area contributed by atoms with E-state index in [1.165, 1.54) is 7.05 Å². The molecule has 0 fully saturated rings. The molecule has 0 aliphatic heterocycles. The van der Waals surface area contributed by atoms with Gasteiger partial charge >= 0.3 is 0 Å². The Balaban J connectivity index is 0.000000810. The number of hydrogen-bond acceptors (Lipinski definition) is 2. The van der Waals surface area contributed by atoms with E-state index in [0.29, 0.717) is 0 Å². The quantitative estimate of drug-likeness (QED) is 0.661. The zero-order valence-electron chi connectivity index (χ0n) is 5.14. The molecular weight excluding hydrogens is 180 g/mol. The Hall–Kier alpha value is -0.480. The SMILES string of the molecule is Cl.Cn1nc(N)c(Cl)c1F. The Morgan fingerprint density at radius 1 is 1.70 bits per heavy atom. The summed E-state index contributed by atoms with van der Waals surface area (Å²) in [5.41, 5.74) is 5.14. The Labute approximate surface area is 68.4 Å². The molecule has 1 rings (SSSR count). The van der Waals surface area contributed by atoms with E-state index in [4.69, 9.17) is 17.3 Å². The van der Waals surface area contributed by atoms with Crippen molar-refractivity contribution in [2.75, 3.05) is 5.73 Å². The summed E-state index contributed by atoms with van der Waals surface area (Å²) >= 11 is 5.32. The Kier molecular flexibility index (Phi) is 2.93. The molecule has 1 aromatic heterocycles. The molecule has 0 saturated heterocycles. The summed E-state index contributed by atoms with van der Waals surface area (Å²) in [6.07, 6.45) is 0. The van der Waals surface area contributed by atoms with Crippen molar-refractivity contribution >= 4 is 29.8 Å². The van der Waals surface area contributed by atoms with Gasteiger partial charge in [0.05, 0.1) is 0 Å². The molecule has 0 bridgehead atoms. The lowest BCUT2D eigenvalue weighted by molar-refractivity contribution is 0.504. The van der Waals surface area contributed by atoms with Gasteiger partial charge in [0.1, 0.15) is 5.02 Å². The lowest BCUT2D eigenvalue weighted by Gasteiger charge is -1.84. The molecule has 10 heavy (non-hydrogen) atoms. The first kappa shape index (κ1) is 9.52. The number of halogens is 3. The van der Waals surface area contributed by atoms with Crippen LogP contribution in [0.2, 0.25) is 5.02 Å². The predicted molar refractivity (Wildman–Crippen MR) is 39.8 cm³/mol. The van der Waals surface area contributed by atoms with Crippen LogP contribution in [-0.4, -0.2) is 9.78 Å². The monoisotopic (exact) mass is 185 g/mol. The maximum absolute atomic E-state index is 12.4. The van der Waals surface area contributed by atoms with Gasteiger partial charge in [-0.05, 0) is 0 Å². The van der Waals surface area contributed by atoms with Crippen LogP contribution < -0.4 is 5.73 Å². The van der Waals surface area contributed by atoms with Gasteiger partial charge in [0.25, 0.3) is 0 Å². The van der Waals surface area contributed by atoms with E-state index >= 15 is 0 Å². The average Bonchev–Trinajstić information content (AvgIpc) is 1.98. The lowest BCUT2D eigenvalue weighted by atomic mass is 10.6. The average molecular weight is 186 g/mol. The molecule has 0 amide bonds. The van der Waals surface area contributed by atoms with Crippen LogP contribution in [0, 0.1) is 5.95 Å². The molecule has 1 heterocycles. The minimum Gasteiger partial charge on any atom is -0.381 e. The molecule has 3 nitrogen and oxygen atoms in total. The van der Waals surface area contributed by atoms with E-state index < -0.39 is 5.95 Å². The molecule has 0 unspecified atom stereocenters. The van der Waals surface area contributed by atoms with Gasteiger partial charge in [0.15, 0.2) is 5.82 Å². The van der Waals surface area contributed by atoms with Gasteiger partial charge in [0, 0.05) is 7.05 Å². The van der Waals surface area contributed by atoms with Gasteiger partial charge in [-0.2, -0.15) is 9.49 Å². The van der Waals surface area contributed by atoms with Gasteiger partial charge in [-0.25, -0.2) is 4.68 Å². The maximum Gasteiger partial charge on any atom is 0.232 e. The second-order valence-electron chi connectivity index (χ2n) is 1.61. The molecule has 0 radical (unpaired) electrons. The highest BCUT2D eigenvalue weighted by molar-refractivity contribution is 6.32. The minimum atomic E-state index is -0.603. The zero-order chi connectivity index (χ0) is 7.02. The highest BCUT2D eigenvalue weighted by atomic mass is 35.5. The van der Waals surface area contributed by atoms with Crippen LogP contribution >= 0.6 is 24.0 Å². The lowest BCUT2D eigenvalue weighted by Crippen LogP contribution is -1.93. The van der Waals surface area contributed by atoms with Gasteiger partial charge < -0.3 is 5.73 Å². The van der Waals surface area contributed by atoms with Crippen LogP contribution in [-0.2, 0) is 7.05 Å². The van der Waals surface area contributed by atoms with Crippen LogP contribution in [0.25, 0.3) is 0 Å². The van der Waals surface area contributed by atoms with Crippen molar-refractivity contribution in [1.29, 1.82) is 0 Å². The van der Waals surface area contributed by atoms with Crippen molar-refractivity contribution < 1.29 is 4.39 Å². The molecular formula is C4H6Cl2FN3. The maximum atomic E-state index is 12.4. The minimum absolute atomic E-state index is 0. The third kappa shape index (κ3) is 1.33. The predicted octanol–water partition coefficient (Wildman–Crippen LogP) is 1.22. The normalized spacial score (nSPS) is 9.10. The summed E-state index contributed by atoms with van der Waals surface area (Å²) in [6.45, 7) is 0. The molecule has 2 N–H and O–H groups in total. The first-order valence-corrected chi connectivity index (χ1v) is 2.64. The molecule has 0 aromatic carbocycles. The zero-order valence-corrected chi connectivity index (χ0v) is 6.71. The topological polar surface area (TPSA) is 43.8 Å². The molecule has 0 aliphatic carbocycles. The first-order chi connectivity index (χ1) is 4.13. The third-order valence-electron chi connectivity index (χ3n) is 0.948. The second-order valence-corrected chi connectivity index (χ2v) is 1.99. The van der Waals surface area contributed by atoms with Crippen molar-refractivity contribution in [2.45, 2.75) is 0 Å². The number of aromatic nitrogens is 2. The van der Waals surface area contributed by atoms with Gasteiger partial charge in [-0.1, -0.05) is 11.6 Å². The first-order valence-electron chi connectivity index (χ1n) is 2.26. The Morgan fingerprint density at radius 3 is 2.30 bits per heavy atom. The summed E-state index contributed by atoms with van der Waals surface area (Å²) in [6, 6.07) is 0. The number of nitrogen functional groups attached to an aromatic ring is 1. The van der Waals surface area contributed by atoms with Crippen molar-refractivity contribution in [3.05, 3.63) is 11.0 Å². The van der Waals surface area contributed by atoms with Crippen LogP contribution in [0.1, 0.15) is 0 Å². The highest BCUT2D eigenvalue weighted by Crippen LogP contribution is 2.19. The van der Waals surface area contributed by atoms with E-state index in [2.05, 4.69) is 5.10 Å². The van der Waals surface area contributed by atoms with E-state index in [1.54, 1.807) is 0 Å². The Morgan fingerprint density at radius 2 is 2.20 bits per heavy atom. The van der Waals surface area contributed by atoms with Gasteiger partial charge in [0.2, 0.25) is 5.95 Å². The van der Waals surface area contributed by atoms with Crippen molar-refractivity contribution in [3.63, 3.8) is 0 Å². The molecule has 0 saturated carbocycles. The second kappa shape index (κ2) is 3.07. The third-order valence-corrected chi connectivity index (χ3v) is 1.30. The summed E-state index contributed by atoms with van der Waals surface area (Å²) in [7, 11) is 1.43. The largest absolute Gasteiger partial charge is 0.381 e. The van der Waals surface area contributed by atoms with Crippen LogP contribution in [0.3, 0.4) is 0 Å². The van der Waals surface area contributed by atoms with Crippen molar-refractivity contribution in [1.82, 2.24) is 9.78 Å². The fraction of sp³-hybridized carbons (Fsp3) is 0.250. The number of rotatable bonds is 0. The van der Waals surface area contributed by atoms with Crippen LogP contribution in [0.15, 0.2) is 0 Å². The van der Waals surface area contributed by atoms with Crippen LogP contribution in [0.5, 0.6) is 0 Å². The fourth-order valence-electron chi connectivity index (χ4n) is 0.497. The summed E-state index contributed by atoms with van der Waals surface area (Å²) in [5.74, 6) is -0.578. The number of anilines is 1. The molecule has 1 aromatic rings. The molecule has 0 spiro atoms. The molecule has 6 heteroatoms. The van der Waals surface area contributed by atoms with E-state index in [1.807, 2.05) is 0 Å². The van der Waals surface area contributed by atoms with Gasteiger partial charge in [-0.15, -0.1) is 12.4 Å². The summed E-state index contributed by atoms with van der Waals surface area (Å²) < 4.78 is 13.4. The molecule has 0 atom stereocenters. The van der Waals surface area contributed by atoms with E-state index in [0.717, 1.165) is 4.68 Å². The Bertz CT molecular complexity index is 212. The van der Waals surface area contributed by atoms with Crippen molar-refractivity contribution in [2.24, 2.45) is 7.05 Å². The van der Waals surface area contributed by atoms with Gasteiger partial charge in [-0.3, -0.25) is 0 Å². The van der Waals surface area contributed by atoms with E-state index in [9.17, 15) is 4.39 Å². The highest BCUT2D eigenvalue weighted by Gasteiger charge is 2.09. The fourth-order valence-corrected chi connectivity index (χ4v) is 0.657. The smallest absolute Gasteiger partial charge is 0.232 e.